The van der Waals surface area contributed by atoms with Gasteiger partial charge in [-0.2, -0.15) is 0 Å². The summed E-state index contributed by atoms with van der Waals surface area (Å²) < 4.78 is 7.36. The van der Waals surface area contributed by atoms with Crippen LogP contribution in [-0.4, -0.2) is 53.9 Å². The minimum Gasteiger partial charge on any atom is -0.481 e. The van der Waals surface area contributed by atoms with Crippen LogP contribution < -0.4 is 0 Å². The molecule has 1 aromatic carbocycles. The first kappa shape index (κ1) is 24.4. The fraction of sp³-hybridized carbons (Fsp3) is 0.286. The second kappa shape index (κ2) is 10.8. The van der Waals surface area contributed by atoms with Gasteiger partial charge in [-0.3, -0.25) is 14.7 Å². The Balaban J connectivity index is 1.16. The van der Waals surface area contributed by atoms with E-state index < -0.39 is 12.1 Å². The molecule has 3 aromatic heterocycles. The Bertz CT molecular complexity index is 1420. The number of nitrogens with zero attached hydrogens (tertiary/aromatic N) is 5. The number of hydrogen-bond acceptors (Lipinski definition) is 7. The molecule has 188 valence electrons. The van der Waals surface area contributed by atoms with Crippen LogP contribution >= 0.6 is 0 Å². The molecule has 9 nitrogen and oxygen atoms in total. The Morgan fingerprint density at radius 3 is 2.54 bits per heavy atom. The molecular formula is C28H27N5O4. The number of imidazole rings is 1. The molecule has 2 N–H and O–H groups in total. The van der Waals surface area contributed by atoms with Gasteiger partial charge < -0.3 is 19.3 Å². The highest BCUT2D eigenvalue weighted by molar-refractivity contribution is 5.67. The molecule has 4 aromatic rings. The highest BCUT2D eigenvalue weighted by atomic mass is 16.5. The molecule has 1 aliphatic rings. The van der Waals surface area contributed by atoms with E-state index in [0.29, 0.717) is 18.1 Å². The van der Waals surface area contributed by atoms with Gasteiger partial charge in [0.2, 0.25) is 0 Å². The SMILES string of the molecule is C[C@H](O)c1nccn1Cc1cc(-c2ccc(C#Cc3ccc(CN4CC(CC(=O)O)C4)nc3)cc2)on1. The van der Waals surface area contributed by atoms with Crippen molar-refractivity contribution in [2.45, 2.75) is 32.5 Å². The third kappa shape index (κ3) is 6.12. The maximum atomic E-state index is 10.8. The summed E-state index contributed by atoms with van der Waals surface area (Å²) in [6.45, 7) is 4.46. The molecule has 0 unspecified atom stereocenters. The van der Waals surface area contributed by atoms with Crippen molar-refractivity contribution in [3.05, 3.63) is 89.4 Å². The maximum absolute atomic E-state index is 10.8. The van der Waals surface area contributed by atoms with E-state index in [4.69, 9.17) is 9.63 Å². The lowest BCUT2D eigenvalue weighted by molar-refractivity contribution is -0.139. The van der Waals surface area contributed by atoms with Crippen molar-refractivity contribution in [2.75, 3.05) is 13.1 Å². The number of aliphatic carboxylic acids is 1. The minimum absolute atomic E-state index is 0.233. The molecule has 9 heteroatoms. The molecule has 5 rings (SSSR count). The summed E-state index contributed by atoms with van der Waals surface area (Å²) in [4.78, 5) is 21.6. The van der Waals surface area contributed by atoms with E-state index in [2.05, 4.69) is 31.9 Å². The zero-order valence-corrected chi connectivity index (χ0v) is 20.4. The smallest absolute Gasteiger partial charge is 0.303 e. The van der Waals surface area contributed by atoms with E-state index in [9.17, 15) is 9.90 Å². The van der Waals surface area contributed by atoms with Gasteiger partial charge in [0.25, 0.3) is 0 Å². The fourth-order valence-electron chi connectivity index (χ4n) is 4.38. The van der Waals surface area contributed by atoms with Gasteiger partial charge in [0.15, 0.2) is 5.76 Å². The van der Waals surface area contributed by atoms with E-state index >= 15 is 0 Å². The quantitative estimate of drug-likeness (QED) is 0.356. The number of aromatic nitrogens is 4. The van der Waals surface area contributed by atoms with Gasteiger partial charge in [-0.05, 0) is 49.2 Å². The van der Waals surface area contributed by atoms with Gasteiger partial charge in [0.1, 0.15) is 17.6 Å². The summed E-state index contributed by atoms with van der Waals surface area (Å²) in [6, 6.07) is 13.6. The molecule has 1 fully saturated rings. The Hall–Kier alpha value is -4.26. The number of carboxylic acid groups (broad SMARTS) is 1. The number of hydrogen-bond donors (Lipinski definition) is 2. The van der Waals surface area contributed by atoms with Crippen molar-refractivity contribution >= 4 is 5.97 Å². The lowest BCUT2D eigenvalue weighted by Gasteiger charge is -2.38. The van der Waals surface area contributed by atoms with Crippen LogP contribution in [0.4, 0.5) is 0 Å². The fourth-order valence-corrected chi connectivity index (χ4v) is 4.38. The Kier molecular flexibility index (Phi) is 7.12. The summed E-state index contributed by atoms with van der Waals surface area (Å²) in [5.41, 5.74) is 4.29. The molecule has 1 aliphatic heterocycles. The third-order valence-corrected chi connectivity index (χ3v) is 6.24. The van der Waals surface area contributed by atoms with E-state index in [1.54, 1.807) is 25.5 Å². The second-order valence-electron chi connectivity index (χ2n) is 9.30. The number of carbonyl (C=O) groups is 1. The number of benzene rings is 1. The first-order valence-corrected chi connectivity index (χ1v) is 12.1. The summed E-state index contributed by atoms with van der Waals surface area (Å²) >= 11 is 0. The van der Waals surface area contributed by atoms with Crippen LogP contribution in [0.5, 0.6) is 0 Å². The molecule has 1 saturated heterocycles. The maximum Gasteiger partial charge on any atom is 0.303 e. The standard InChI is InChI=1S/C28H27N5O4/c1-19(34)28-29-10-11-33(28)18-25-13-26(37-31-25)23-7-4-20(5-8-23)2-3-21-6-9-24(30-14-21)17-32-15-22(16-32)12-27(35)36/h4-11,13-14,19,22,34H,12,15-18H2,1H3,(H,35,36)/t19-/m0/s1. The van der Waals surface area contributed by atoms with Gasteiger partial charge in [-0.25, -0.2) is 4.98 Å². The highest BCUT2D eigenvalue weighted by Crippen LogP contribution is 2.23. The number of rotatable bonds is 8. The van der Waals surface area contributed by atoms with Crippen LogP contribution in [0.1, 0.15) is 47.8 Å². The first-order valence-electron chi connectivity index (χ1n) is 12.1. The van der Waals surface area contributed by atoms with E-state index in [-0.39, 0.29) is 12.3 Å². The van der Waals surface area contributed by atoms with Crippen LogP contribution in [0.2, 0.25) is 0 Å². The number of aliphatic hydroxyl groups excluding tert-OH is 1. The lowest BCUT2D eigenvalue weighted by atomic mass is 9.96. The van der Waals surface area contributed by atoms with Crippen molar-refractivity contribution in [1.82, 2.24) is 24.6 Å². The zero-order valence-electron chi connectivity index (χ0n) is 20.4. The molecule has 0 radical (unpaired) electrons. The Morgan fingerprint density at radius 1 is 1.08 bits per heavy atom. The number of carboxylic acids is 1. The third-order valence-electron chi connectivity index (χ3n) is 6.24. The van der Waals surface area contributed by atoms with Crippen molar-refractivity contribution in [2.24, 2.45) is 5.92 Å². The topological polar surface area (TPSA) is 118 Å². The molecular weight excluding hydrogens is 470 g/mol. The van der Waals surface area contributed by atoms with Crippen molar-refractivity contribution < 1.29 is 19.5 Å². The largest absolute Gasteiger partial charge is 0.481 e. The number of aliphatic hydroxyl groups is 1. The van der Waals surface area contributed by atoms with Gasteiger partial charge >= 0.3 is 5.97 Å². The summed E-state index contributed by atoms with van der Waals surface area (Å²) in [7, 11) is 0. The summed E-state index contributed by atoms with van der Waals surface area (Å²) in [5.74, 6) is 7.05. The molecule has 1 atom stereocenters. The highest BCUT2D eigenvalue weighted by Gasteiger charge is 2.28. The summed E-state index contributed by atoms with van der Waals surface area (Å²) in [6.07, 6.45) is 4.80. The molecule has 0 saturated carbocycles. The van der Waals surface area contributed by atoms with Crippen LogP contribution in [0.25, 0.3) is 11.3 Å². The normalized spacial score (nSPS) is 14.5. The predicted octanol–water partition coefficient (Wildman–Crippen LogP) is 3.34. The number of pyridine rings is 1. The Morgan fingerprint density at radius 2 is 1.84 bits per heavy atom. The molecule has 0 bridgehead atoms. The van der Waals surface area contributed by atoms with Crippen LogP contribution in [0.3, 0.4) is 0 Å². The second-order valence-corrected chi connectivity index (χ2v) is 9.30. The lowest BCUT2D eigenvalue weighted by Crippen LogP contribution is -2.46. The molecule has 0 spiro atoms. The molecule has 37 heavy (non-hydrogen) atoms. The van der Waals surface area contributed by atoms with Crippen LogP contribution in [0, 0.1) is 17.8 Å². The molecule has 0 amide bonds. The minimum atomic E-state index is -0.735. The van der Waals surface area contributed by atoms with Gasteiger partial charge in [0.05, 0.1) is 18.7 Å². The van der Waals surface area contributed by atoms with E-state index in [0.717, 1.165) is 47.7 Å². The molecule has 4 heterocycles. The van der Waals surface area contributed by atoms with Crippen LogP contribution in [0.15, 0.2) is 65.6 Å². The first-order chi connectivity index (χ1) is 17.9. The molecule has 0 aliphatic carbocycles. The van der Waals surface area contributed by atoms with Crippen molar-refractivity contribution in [3.8, 4) is 23.2 Å². The van der Waals surface area contributed by atoms with Crippen LogP contribution in [-0.2, 0) is 17.9 Å². The van der Waals surface area contributed by atoms with Gasteiger partial charge in [0, 0.05) is 61.0 Å². The van der Waals surface area contributed by atoms with Gasteiger partial charge in [-0.1, -0.05) is 17.0 Å². The number of likely N-dealkylation sites (tertiary alicyclic amines) is 1. The average molecular weight is 498 g/mol. The predicted molar refractivity (Wildman–Crippen MR) is 135 cm³/mol. The Labute approximate surface area is 214 Å². The van der Waals surface area contributed by atoms with Crippen molar-refractivity contribution in [3.63, 3.8) is 0 Å². The van der Waals surface area contributed by atoms with Crippen molar-refractivity contribution in [1.29, 1.82) is 0 Å². The average Bonchev–Trinajstić information content (AvgIpc) is 3.52. The van der Waals surface area contributed by atoms with E-state index in [1.165, 1.54) is 0 Å². The van der Waals surface area contributed by atoms with E-state index in [1.807, 2.05) is 47.0 Å². The monoisotopic (exact) mass is 497 g/mol. The summed E-state index contributed by atoms with van der Waals surface area (Å²) in [5, 5.41) is 22.8. The zero-order chi connectivity index (χ0) is 25.8. The van der Waals surface area contributed by atoms with Gasteiger partial charge in [-0.15, -0.1) is 0 Å².